The summed E-state index contributed by atoms with van der Waals surface area (Å²) in [4.78, 5) is 38.0. The van der Waals surface area contributed by atoms with Gasteiger partial charge >= 0.3 is 18.2 Å². The van der Waals surface area contributed by atoms with Crippen molar-refractivity contribution < 1.29 is 37.8 Å². The van der Waals surface area contributed by atoms with Crippen molar-refractivity contribution >= 4 is 35.0 Å². The van der Waals surface area contributed by atoms with Gasteiger partial charge in [0.1, 0.15) is 0 Å². The molecule has 0 radical (unpaired) electrons. The van der Waals surface area contributed by atoms with Crippen molar-refractivity contribution in [1.82, 2.24) is 5.32 Å². The fraction of sp³-hybridized carbons (Fsp3) is 0.323. The molecule has 228 valence electrons. The average Bonchev–Trinajstić information content (AvgIpc) is 2.99. The smallest absolute Gasteiger partial charge is 0.418 e. The average molecular weight is 599 g/mol. The van der Waals surface area contributed by atoms with E-state index in [-0.39, 0.29) is 17.8 Å². The van der Waals surface area contributed by atoms with Gasteiger partial charge in [-0.15, -0.1) is 0 Å². The van der Waals surface area contributed by atoms with Gasteiger partial charge in [-0.05, 0) is 72.4 Å². The van der Waals surface area contributed by atoms with Gasteiger partial charge in [0.25, 0.3) is 5.91 Å². The van der Waals surface area contributed by atoms with Crippen LogP contribution in [0.15, 0.2) is 66.7 Å². The third kappa shape index (κ3) is 8.25. The van der Waals surface area contributed by atoms with Crippen LogP contribution in [0.1, 0.15) is 65.1 Å². The largest absolute Gasteiger partial charge is 0.479 e. The number of aliphatic carboxylic acids is 1. The molecule has 0 aliphatic heterocycles. The minimum atomic E-state index is -4.70. The quantitative estimate of drug-likeness (QED) is 0.198. The third-order valence-corrected chi connectivity index (χ3v) is 7.43. The molecule has 1 fully saturated rings. The lowest BCUT2D eigenvalue weighted by Crippen LogP contribution is -2.36. The zero-order valence-electron chi connectivity index (χ0n) is 23.2. The SMILES string of the molecule is Nc1ccc(NC(=O)N(Cc2ccc(C(=O)NC[C@@H](O)C(=O)O)cc2)c2ccc(C3CCCCC3)cc2)cc1C(F)(F)F. The molecule has 0 aromatic heterocycles. The Hall–Kier alpha value is -4.58. The number of nitrogen functional groups attached to an aromatic ring is 1. The number of aliphatic hydroxyl groups is 1. The molecule has 3 amide bonds. The van der Waals surface area contributed by atoms with Gasteiger partial charge < -0.3 is 26.6 Å². The fourth-order valence-corrected chi connectivity index (χ4v) is 5.04. The monoisotopic (exact) mass is 598 g/mol. The van der Waals surface area contributed by atoms with Gasteiger partial charge in [0, 0.05) is 22.6 Å². The Labute approximate surface area is 246 Å². The van der Waals surface area contributed by atoms with Gasteiger partial charge in [-0.3, -0.25) is 9.69 Å². The second kappa shape index (κ2) is 13.6. The summed E-state index contributed by atoms with van der Waals surface area (Å²) in [7, 11) is 0. The number of hydrogen-bond donors (Lipinski definition) is 5. The van der Waals surface area contributed by atoms with E-state index >= 15 is 0 Å². The first-order valence-corrected chi connectivity index (χ1v) is 13.9. The van der Waals surface area contributed by atoms with Crippen molar-refractivity contribution in [3.8, 4) is 0 Å². The molecule has 12 heteroatoms. The number of carbonyl (C=O) groups excluding carboxylic acids is 2. The first-order valence-electron chi connectivity index (χ1n) is 13.9. The van der Waals surface area contributed by atoms with Crippen molar-refractivity contribution in [3.63, 3.8) is 0 Å². The van der Waals surface area contributed by atoms with Gasteiger partial charge in [0.2, 0.25) is 0 Å². The molecule has 1 saturated carbocycles. The van der Waals surface area contributed by atoms with E-state index in [1.807, 2.05) is 24.3 Å². The van der Waals surface area contributed by atoms with Crippen LogP contribution in [0.4, 0.5) is 35.0 Å². The molecule has 1 aliphatic carbocycles. The highest BCUT2D eigenvalue weighted by molar-refractivity contribution is 6.02. The zero-order valence-corrected chi connectivity index (χ0v) is 23.2. The maximum Gasteiger partial charge on any atom is 0.418 e. The van der Waals surface area contributed by atoms with E-state index in [1.54, 1.807) is 12.1 Å². The lowest BCUT2D eigenvalue weighted by Gasteiger charge is -2.26. The highest BCUT2D eigenvalue weighted by atomic mass is 19.4. The number of nitrogens with one attached hydrogen (secondary N) is 2. The Bertz CT molecular complexity index is 1440. The Balaban J connectivity index is 1.55. The number of benzene rings is 3. The first kappa shape index (κ1) is 31.4. The summed E-state index contributed by atoms with van der Waals surface area (Å²) in [6.07, 6.45) is -0.705. The van der Waals surface area contributed by atoms with Gasteiger partial charge in [0.15, 0.2) is 6.10 Å². The second-order valence-corrected chi connectivity index (χ2v) is 10.5. The maximum atomic E-state index is 13.5. The van der Waals surface area contributed by atoms with Crippen LogP contribution >= 0.6 is 0 Å². The van der Waals surface area contributed by atoms with E-state index in [1.165, 1.54) is 35.1 Å². The van der Waals surface area contributed by atoms with Gasteiger partial charge in [-0.1, -0.05) is 43.5 Å². The molecule has 0 spiro atoms. The predicted octanol–water partition coefficient (Wildman–Crippen LogP) is 5.75. The molecule has 0 saturated heterocycles. The number of aliphatic hydroxyl groups excluding tert-OH is 1. The number of carboxylic acids is 1. The van der Waals surface area contributed by atoms with Gasteiger partial charge in [0.05, 0.1) is 18.7 Å². The van der Waals surface area contributed by atoms with Crippen LogP contribution in [0.5, 0.6) is 0 Å². The fourth-order valence-electron chi connectivity index (χ4n) is 5.04. The number of carboxylic acid groups (broad SMARTS) is 1. The highest BCUT2D eigenvalue weighted by Crippen LogP contribution is 2.36. The van der Waals surface area contributed by atoms with Crippen LogP contribution in [0.25, 0.3) is 0 Å². The van der Waals surface area contributed by atoms with Crippen LogP contribution < -0.4 is 21.3 Å². The van der Waals surface area contributed by atoms with Crippen LogP contribution in [0, 0.1) is 0 Å². The lowest BCUT2D eigenvalue weighted by molar-refractivity contribution is -0.146. The van der Waals surface area contributed by atoms with Crippen molar-refractivity contribution in [2.75, 3.05) is 22.5 Å². The summed E-state index contributed by atoms with van der Waals surface area (Å²) in [5.74, 6) is -1.62. The number of alkyl halides is 3. The van der Waals surface area contributed by atoms with E-state index in [0.29, 0.717) is 17.2 Å². The third-order valence-electron chi connectivity index (χ3n) is 7.43. The van der Waals surface area contributed by atoms with Crippen molar-refractivity contribution in [3.05, 3.63) is 89.0 Å². The van der Waals surface area contributed by atoms with E-state index in [9.17, 15) is 32.7 Å². The normalized spacial score (nSPS) is 14.5. The summed E-state index contributed by atoms with van der Waals surface area (Å²) in [6, 6.07) is 16.2. The molecule has 9 nitrogen and oxygen atoms in total. The molecule has 4 rings (SSSR count). The summed E-state index contributed by atoms with van der Waals surface area (Å²) >= 11 is 0. The number of carbonyl (C=O) groups is 3. The molecular formula is C31H33F3N4O5. The molecule has 3 aromatic carbocycles. The minimum absolute atomic E-state index is 0.0232. The Morgan fingerprint density at radius 1 is 0.953 bits per heavy atom. The number of nitrogens with zero attached hydrogens (tertiary/aromatic N) is 1. The standard InChI is InChI=1S/C31H33F3N4O5/c32-31(33,34)25-16-23(12-15-26(25)35)37-30(43)38(24-13-10-21(11-14-24)20-4-2-1-3-5-20)18-19-6-8-22(9-7-19)28(40)36-17-27(39)29(41)42/h6-16,20,27,39H,1-5,17-18,35H2,(H,36,40)(H,37,43)(H,41,42)/t27-/m1/s1. The summed E-state index contributed by atoms with van der Waals surface area (Å²) in [5, 5.41) is 23.0. The highest BCUT2D eigenvalue weighted by Gasteiger charge is 2.33. The summed E-state index contributed by atoms with van der Waals surface area (Å²) < 4.78 is 40.2. The molecule has 0 heterocycles. The van der Waals surface area contributed by atoms with Crippen molar-refractivity contribution in [2.45, 2.75) is 56.8 Å². The number of rotatable bonds is 9. The van der Waals surface area contributed by atoms with E-state index in [0.717, 1.165) is 37.8 Å². The maximum absolute atomic E-state index is 13.5. The van der Waals surface area contributed by atoms with E-state index < -0.39 is 48.0 Å². The second-order valence-electron chi connectivity index (χ2n) is 10.5. The molecule has 3 aromatic rings. The number of urea groups is 1. The molecule has 6 N–H and O–H groups in total. The number of amides is 3. The van der Waals surface area contributed by atoms with E-state index in [2.05, 4.69) is 10.6 Å². The lowest BCUT2D eigenvalue weighted by atomic mass is 9.84. The zero-order chi connectivity index (χ0) is 31.1. The number of nitrogens with two attached hydrogens (primary N) is 1. The number of hydrogen-bond acceptors (Lipinski definition) is 5. The topological polar surface area (TPSA) is 145 Å². The summed E-state index contributed by atoms with van der Waals surface area (Å²) in [5.41, 5.74) is 6.42. The van der Waals surface area contributed by atoms with Crippen LogP contribution in [-0.4, -0.2) is 40.8 Å². The predicted molar refractivity (Wildman–Crippen MR) is 156 cm³/mol. The van der Waals surface area contributed by atoms with Crippen molar-refractivity contribution in [2.24, 2.45) is 0 Å². The summed E-state index contributed by atoms with van der Waals surface area (Å²) in [6.45, 7) is -0.447. The van der Waals surface area contributed by atoms with Crippen molar-refractivity contribution in [1.29, 1.82) is 0 Å². The van der Waals surface area contributed by atoms with Crippen LogP contribution in [0.2, 0.25) is 0 Å². The van der Waals surface area contributed by atoms with E-state index in [4.69, 9.17) is 10.8 Å². The Kier molecular flexibility index (Phi) is 9.92. The van der Waals surface area contributed by atoms with Gasteiger partial charge in [-0.2, -0.15) is 13.2 Å². The number of halogens is 3. The molecule has 43 heavy (non-hydrogen) atoms. The van der Waals surface area contributed by atoms with Crippen LogP contribution in [-0.2, 0) is 17.5 Å². The molecule has 0 bridgehead atoms. The van der Waals surface area contributed by atoms with Crippen LogP contribution in [0.3, 0.4) is 0 Å². The molecule has 1 aliphatic rings. The molecular weight excluding hydrogens is 565 g/mol. The Morgan fingerprint density at radius 2 is 1.60 bits per heavy atom. The molecule has 0 unspecified atom stereocenters. The molecule has 1 atom stereocenters. The van der Waals surface area contributed by atoms with Gasteiger partial charge in [-0.25, -0.2) is 9.59 Å². The number of anilines is 3. The first-order chi connectivity index (χ1) is 20.4. The Morgan fingerprint density at radius 3 is 2.21 bits per heavy atom. The minimum Gasteiger partial charge on any atom is -0.479 e.